The monoisotopic (exact) mass is 530 g/mol. The van der Waals surface area contributed by atoms with Crippen LogP contribution in [-0.2, 0) is 10.3 Å². The minimum Gasteiger partial charge on any atom is -0.456 e. The van der Waals surface area contributed by atoms with Gasteiger partial charge < -0.3 is 19.7 Å². The van der Waals surface area contributed by atoms with Crippen molar-refractivity contribution in [3.63, 3.8) is 0 Å². The number of anilines is 3. The van der Waals surface area contributed by atoms with Gasteiger partial charge in [-0.1, -0.05) is 41.4 Å². The number of halogens is 2. The molecule has 7 heteroatoms. The van der Waals surface area contributed by atoms with Crippen molar-refractivity contribution in [2.24, 2.45) is 0 Å². The Kier molecular flexibility index (Phi) is 5.78. The first kappa shape index (κ1) is 23.7. The van der Waals surface area contributed by atoms with E-state index in [0.717, 1.165) is 41.2 Å². The smallest absolute Gasteiger partial charge is 0.340 e. The summed E-state index contributed by atoms with van der Waals surface area (Å²) in [7, 11) is 0. The van der Waals surface area contributed by atoms with Gasteiger partial charge in [-0.3, -0.25) is 0 Å². The van der Waals surface area contributed by atoms with E-state index >= 15 is 0 Å². The van der Waals surface area contributed by atoms with Crippen LogP contribution in [0, 0.1) is 0 Å². The highest BCUT2D eigenvalue weighted by atomic mass is 35.5. The van der Waals surface area contributed by atoms with Gasteiger partial charge in [0.05, 0.1) is 16.3 Å². The van der Waals surface area contributed by atoms with Crippen molar-refractivity contribution in [1.82, 2.24) is 0 Å². The van der Waals surface area contributed by atoms with Gasteiger partial charge in [-0.15, -0.1) is 0 Å². The highest BCUT2D eigenvalue weighted by Gasteiger charge is 2.53. The van der Waals surface area contributed by atoms with E-state index < -0.39 is 5.60 Å². The van der Waals surface area contributed by atoms with Crippen LogP contribution in [0.25, 0.3) is 0 Å². The van der Waals surface area contributed by atoms with Gasteiger partial charge in [0.25, 0.3) is 0 Å². The second-order valence-electron chi connectivity index (χ2n) is 9.03. The molecule has 0 aromatic heterocycles. The van der Waals surface area contributed by atoms with Crippen LogP contribution < -0.4 is 15.0 Å². The lowest BCUT2D eigenvalue weighted by molar-refractivity contribution is 0.0224. The molecule has 0 fully saturated rings. The first-order valence-electron chi connectivity index (χ1n) is 12.2. The predicted molar refractivity (Wildman–Crippen MR) is 148 cm³/mol. The zero-order valence-electron chi connectivity index (χ0n) is 20.3. The molecular formula is C30H24Cl2N2O3. The van der Waals surface area contributed by atoms with Gasteiger partial charge in [-0.25, -0.2) is 4.79 Å². The molecule has 37 heavy (non-hydrogen) atoms. The Morgan fingerprint density at radius 3 is 2.43 bits per heavy atom. The fourth-order valence-electron chi connectivity index (χ4n) is 5.27. The molecule has 4 aromatic carbocycles. The average molecular weight is 531 g/mol. The molecule has 186 valence electrons. The van der Waals surface area contributed by atoms with Crippen molar-refractivity contribution in [2.45, 2.75) is 19.4 Å². The van der Waals surface area contributed by atoms with Gasteiger partial charge in [0, 0.05) is 52.2 Å². The van der Waals surface area contributed by atoms with Crippen LogP contribution in [0.1, 0.15) is 40.9 Å². The summed E-state index contributed by atoms with van der Waals surface area (Å²) in [6.45, 7) is 5.99. The maximum atomic E-state index is 13.2. The highest BCUT2D eigenvalue weighted by molar-refractivity contribution is 6.36. The highest BCUT2D eigenvalue weighted by Crippen LogP contribution is 2.57. The molecular weight excluding hydrogens is 507 g/mol. The zero-order chi connectivity index (χ0) is 25.7. The molecule has 0 aliphatic carbocycles. The molecule has 0 radical (unpaired) electrons. The zero-order valence-corrected chi connectivity index (χ0v) is 21.9. The lowest BCUT2D eigenvalue weighted by Gasteiger charge is -2.37. The molecule has 1 spiro atoms. The Balaban J connectivity index is 1.54. The van der Waals surface area contributed by atoms with Crippen molar-refractivity contribution in [3.8, 4) is 11.5 Å². The normalized spacial score (nSPS) is 16.9. The maximum Gasteiger partial charge on any atom is 0.340 e. The third-order valence-electron chi connectivity index (χ3n) is 7.03. The van der Waals surface area contributed by atoms with E-state index in [9.17, 15) is 4.79 Å². The van der Waals surface area contributed by atoms with Crippen LogP contribution >= 0.6 is 23.2 Å². The second-order valence-corrected chi connectivity index (χ2v) is 9.87. The molecule has 1 atom stereocenters. The predicted octanol–water partition coefficient (Wildman–Crippen LogP) is 8.15. The molecule has 2 aliphatic rings. The topological polar surface area (TPSA) is 50.8 Å². The van der Waals surface area contributed by atoms with Crippen LogP contribution in [0.15, 0.2) is 78.9 Å². The van der Waals surface area contributed by atoms with Crippen molar-refractivity contribution in [2.75, 3.05) is 23.3 Å². The largest absolute Gasteiger partial charge is 0.456 e. The number of fused-ring (bicyclic) bond motifs is 6. The van der Waals surface area contributed by atoms with Gasteiger partial charge in [0.2, 0.25) is 0 Å². The Morgan fingerprint density at radius 1 is 0.838 bits per heavy atom. The third kappa shape index (κ3) is 3.73. The molecule has 1 N–H and O–H groups in total. The average Bonchev–Trinajstić information content (AvgIpc) is 3.20. The number of nitrogens with zero attached hydrogens (tertiary/aromatic N) is 1. The summed E-state index contributed by atoms with van der Waals surface area (Å²) in [6.07, 6.45) is 0. The number of hydrogen-bond donors (Lipinski definition) is 1. The first-order valence-corrected chi connectivity index (χ1v) is 13.0. The number of carbonyl (C=O) groups is 1. The molecule has 0 amide bonds. The molecule has 6 rings (SSSR count). The summed E-state index contributed by atoms with van der Waals surface area (Å²) in [5.74, 6) is 0.936. The Labute approximate surface area is 225 Å². The van der Waals surface area contributed by atoms with Crippen molar-refractivity contribution in [3.05, 3.63) is 111 Å². The van der Waals surface area contributed by atoms with Crippen LogP contribution in [0.3, 0.4) is 0 Å². The summed E-state index contributed by atoms with van der Waals surface area (Å²) in [6, 6.07) is 24.7. The van der Waals surface area contributed by atoms with Gasteiger partial charge in [0.15, 0.2) is 5.60 Å². The molecule has 0 bridgehead atoms. The fraction of sp³-hybridized carbons (Fsp3) is 0.167. The third-order valence-corrected chi connectivity index (χ3v) is 7.58. The molecule has 2 heterocycles. The van der Waals surface area contributed by atoms with Gasteiger partial charge in [0.1, 0.15) is 11.5 Å². The standard InChI is InChI=1S/C30H24Cl2N2O3/c1-3-34(4-2)20-11-12-23-28(17-20)36-27-14-10-19(33-26-13-9-18(31)15-25(26)32)16-24(27)30(23)22-8-6-5-7-21(22)29(35)37-30/h5-17,33H,3-4H2,1-2H3/t30-/m1/s1. The SMILES string of the molecule is CCN(CC)c1ccc2c(c1)Oc1ccc(Nc3ccc(Cl)cc3Cl)cc1[C@]21OC(=O)c2ccccc21. The Morgan fingerprint density at radius 2 is 1.65 bits per heavy atom. The van der Waals surface area contributed by atoms with Gasteiger partial charge in [-0.05, 0) is 68.4 Å². The second kappa shape index (κ2) is 9.02. The van der Waals surface area contributed by atoms with Crippen LogP contribution in [-0.4, -0.2) is 19.1 Å². The van der Waals surface area contributed by atoms with Crippen LogP contribution in [0.2, 0.25) is 10.0 Å². The molecule has 5 nitrogen and oxygen atoms in total. The quantitative estimate of drug-likeness (QED) is 0.264. The molecule has 2 aliphatic heterocycles. The summed E-state index contributed by atoms with van der Waals surface area (Å²) in [5, 5.41) is 4.42. The van der Waals surface area contributed by atoms with E-state index in [-0.39, 0.29) is 5.97 Å². The number of nitrogens with one attached hydrogen (secondary N) is 1. The summed E-state index contributed by atoms with van der Waals surface area (Å²) >= 11 is 12.5. The van der Waals surface area contributed by atoms with Crippen LogP contribution in [0.4, 0.5) is 17.1 Å². The van der Waals surface area contributed by atoms with Crippen molar-refractivity contribution in [1.29, 1.82) is 0 Å². The number of hydrogen-bond acceptors (Lipinski definition) is 5. The summed E-state index contributed by atoms with van der Waals surface area (Å²) in [5.41, 5.74) is 4.27. The van der Waals surface area contributed by atoms with Gasteiger partial charge >= 0.3 is 5.97 Å². The number of ether oxygens (including phenoxy) is 2. The fourth-order valence-corrected chi connectivity index (χ4v) is 5.73. The van der Waals surface area contributed by atoms with E-state index in [1.807, 2.05) is 54.6 Å². The van der Waals surface area contributed by atoms with E-state index in [0.29, 0.717) is 32.8 Å². The van der Waals surface area contributed by atoms with E-state index in [1.54, 1.807) is 18.2 Å². The number of rotatable bonds is 5. The minimum atomic E-state index is -1.14. The maximum absolute atomic E-state index is 13.2. The van der Waals surface area contributed by atoms with Gasteiger partial charge in [-0.2, -0.15) is 0 Å². The molecule has 0 saturated carbocycles. The van der Waals surface area contributed by atoms with Crippen molar-refractivity contribution >= 4 is 46.2 Å². The first-order chi connectivity index (χ1) is 17.9. The number of carbonyl (C=O) groups excluding carboxylic acids is 1. The number of esters is 1. The lowest BCUT2D eigenvalue weighted by atomic mass is 9.77. The minimum absolute atomic E-state index is 0.360. The van der Waals surface area contributed by atoms with Crippen molar-refractivity contribution < 1.29 is 14.3 Å². The lowest BCUT2D eigenvalue weighted by Crippen LogP contribution is -2.33. The summed E-state index contributed by atoms with van der Waals surface area (Å²) in [4.78, 5) is 15.4. The van der Waals surface area contributed by atoms with E-state index in [4.69, 9.17) is 32.7 Å². The van der Waals surface area contributed by atoms with E-state index in [2.05, 4.69) is 30.1 Å². The molecule has 0 unspecified atom stereocenters. The molecule has 4 aromatic rings. The number of benzene rings is 4. The summed E-state index contributed by atoms with van der Waals surface area (Å²) < 4.78 is 12.8. The van der Waals surface area contributed by atoms with E-state index in [1.165, 1.54) is 0 Å². The molecule has 0 saturated heterocycles. The van der Waals surface area contributed by atoms with Crippen LogP contribution in [0.5, 0.6) is 11.5 Å². The Bertz CT molecular complexity index is 1550. The Hall–Kier alpha value is -3.67.